The molecule has 3 rings (SSSR count). The highest BCUT2D eigenvalue weighted by molar-refractivity contribution is 6.09. The highest BCUT2D eigenvalue weighted by atomic mass is 16.4. The number of hydrogen-bond donors (Lipinski definition) is 2. The first-order valence-corrected chi connectivity index (χ1v) is 8.30. The van der Waals surface area contributed by atoms with Gasteiger partial charge in [0.05, 0.1) is 5.56 Å². The largest absolute Gasteiger partial charge is 0.478 e. The minimum Gasteiger partial charge on any atom is -0.478 e. The van der Waals surface area contributed by atoms with Crippen LogP contribution in [0.4, 0.5) is 5.69 Å². The second kappa shape index (κ2) is 6.59. The van der Waals surface area contributed by atoms with Crippen molar-refractivity contribution in [2.24, 2.45) is 0 Å². The van der Waals surface area contributed by atoms with Crippen LogP contribution < -0.4 is 5.32 Å². The van der Waals surface area contributed by atoms with Crippen LogP contribution in [0.3, 0.4) is 0 Å². The van der Waals surface area contributed by atoms with Gasteiger partial charge in [0.25, 0.3) is 5.91 Å². The van der Waals surface area contributed by atoms with E-state index in [1.807, 2.05) is 57.2 Å². The average molecular weight is 348 g/mol. The molecule has 0 aliphatic heterocycles. The van der Waals surface area contributed by atoms with Crippen molar-refractivity contribution in [1.29, 1.82) is 0 Å². The average Bonchev–Trinajstić information content (AvgIpc) is 2.60. The molecule has 1 amide bonds. The molecule has 0 radical (unpaired) electrons. The van der Waals surface area contributed by atoms with Gasteiger partial charge in [0, 0.05) is 11.9 Å². The van der Waals surface area contributed by atoms with Crippen LogP contribution in [0.5, 0.6) is 0 Å². The number of carbonyl (C=O) groups excluding carboxylic acids is 1. The van der Waals surface area contributed by atoms with Crippen molar-refractivity contribution in [3.8, 4) is 0 Å². The van der Waals surface area contributed by atoms with E-state index in [-0.39, 0.29) is 16.7 Å². The van der Waals surface area contributed by atoms with Crippen LogP contribution in [0, 0.1) is 0 Å². The number of hydrogen-bond acceptors (Lipinski definition) is 3. The number of carboxylic acids is 1. The van der Waals surface area contributed by atoms with Gasteiger partial charge in [-0.15, -0.1) is 0 Å². The van der Waals surface area contributed by atoms with E-state index in [0.717, 1.165) is 16.3 Å². The van der Waals surface area contributed by atoms with Crippen LogP contribution in [0.25, 0.3) is 10.8 Å². The number of carboxylic acid groups (broad SMARTS) is 1. The zero-order chi connectivity index (χ0) is 18.9. The fraction of sp³-hybridized carbons (Fsp3) is 0.190. The SMILES string of the molecule is CC(C)(C)c1cnc(C(=O)Nc2ccc3ccccc3c2)c(C(=O)O)c1. The number of anilines is 1. The van der Waals surface area contributed by atoms with Gasteiger partial charge in [-0.25, -0.2) is 9.78 Å². The number of nitrogens with one attached hydrogen (secondary N) is 1. The summed E-state index contributed by atoms with van der Waals surface area (Å²) in [5.74, 6) is -1.72. The molecule has 0 bridgehead atoms. The van der Waals surface area contributed by atoms with Gasteiger partial charge in [-0.3, -0.25) is 4.79 Å². The Morgan fingerprint density at radius 1 is 1.00 bits per heavy atom. The zero-order valence-corrected chi connectivity index (χ0v) is 14.9. The monoisotopic (exact) mass is 348 g/mol. The van der Waals surface area contributed by atoms with Gasteiger partial charge in [0.2, 0.25) is 0 Å². The van der Waals surface area contributed by atoms with Crippen LogP contribution in [-0.2, 0) is 5.41 Å². The minimum atomic E-state index is -1.17. The van der Waals surface area contributed by atoms with E-state index >= 15 is 0 Å². The summed E-state index contributed by atoms with van der Waals surface area (Å²) < 4.78 is 0. The van der Waals surface area contributed by atoms with E-state index in [1.165, 1.54) is 6.07 Å². The summed E-state index contributed by atoms with van der Waals surface area (Å²) in [5, 5.41) is 14.3. The van der Waals surface area contributed by atoms with Crippen LogP contribution >= 0.6 is 0 Å². The Morgan fingerprint density at radius 2 is 1.69 bits per heavy atom. The molecule has 5 heteroatoms. The predicted molar refractivity (Wildman–Crippen MR) is 102 cm³/mol. The molecule has 0 aliphatic carbocycles. The van der Waals surface area contributed by atoms with Crippen molar-refractivity contribution < 1.29 is 14.7 Å². The first kappa shape index (κ1) is 17.6. The van der Waals surface area contributed by atoms with Crippen molar-refractivity contribution in [3.05, 3.63) is 71.5 Å². The molecule has 0 aliphatic rings. The molecule has 0 saturated carbocycles. The van der Waals surface area contributed by atoms with Crippen LogP contribution in [-0.4, -0.2) is 22.0 Å². The van der Waals surface area contributed by atoms with Crippen LogP contribution in [0.1, 0.15) is 47.2 Å². The van der Waals surface area contributed by atoms with Crippen LogP contribution in [0.15, 0.2) is 54.7 Å². The number of pyridine rings is 1. The van der Waals surface area contributed by atoms with Gasteiger partial charge in [-0.05, 0) is 39.9 Å². The van der Waals surface area contributed by atoms with Gasteiger partial charge in [-0.1, -0.05) is 51.1 Å². The van der Waals surface area contributed by atoms with Crippen molar-refractivity contribution >= 4 is 28.3 Å². The normalized spacial score (nSPS) is 11.3. The summed E-state index contributed by atoms with van der Waals surface area (Å²) in [4.78, 5) is 28.3. The lowest BCUT2D eigenvalue weighted by molar-refractivity contribution is 0.0691. The minimum absolute atomic E-state index is 0.0985. The van der Waals surface area contributed by atoms with Gasteiger partial charge in [0.1, 0.15) is 5.69 Å². The molecule has 0 unspecified atom stereocenters. The third-order valence-electron chi connectivity index (χ3n) is 4.21. The molecule has 1 heterocycles. The topological polar surface area (TPSA) is 79.3 Å². The van der Waals surface area contributed by atoms with Crippen molar-refractivity contribution in [1.82, 2.24) is 4.98 Å². The third kappa shape index (κ3) is 3.57. The maximum absolute atomic E-state index is 12.6. The molecule has 2 aromatic carbocycles. The molecular weight excluding hydrogens is 328 g/mol. The lowest BCUT2D eigenvalue weighted by Gasteiger charge is -2.19. The van der Waals surface area contributed by atoms with E-state index in [4.69, 9.17) is 0 Å². The standard InChI is InChI=1S/C21H20N2O3/c1-21(2,3)15-11-17(20(25)26)18(22-12-15)19(24)23-16-9-8-13-6-4-5-7-14(13)10-16/h4-12H,1-3H3,(H,23,24)(H,25,26). The second-order valence-corrected chi connectivity index (χ2v) is 7.19. The van der Waals surface area contributed by atoms with Crippen molar-refractivity contribution in [3.63, 3.8) is 0 Å². The van der Waals surface area contributed by atoms with Gasteiger partial charge in [-0.2, -0.15) is 0 Å². The van der Waals surface area contributed by atoms with Crippen molar-refractivity contribution in [2.45, 2.75) is 26.2 Å². The maximum atomic E-state index is 12.6. The molecular formula is C21H20N2O3. The summed E-state index contributed by atoms with van der Waals surface area (Å²) in [6.45, 7) is 5.89. The summed E-state index contributed by atoms with van der Waals surface area (Å²) in [5.41, 5.74) is 0.892. The fourth-order valence-corrected chi connectivity index (χ4v) is 2.68. The highest BCUT2D eigenvalue weighted by Crippen LogP contribution is 2.24. The number of aromatic nitrogens is 1. The number of rotatable bonds is 3. The smallest absolute Gasteiger partial charge is 0.338 e. The number of carbonyl (C=O) groups is 2. The molecule has 1 aromatic heterocycles. The zero-order valence-electron chi connectivity index (χ0n) is 14.9. The Bertz CT molecular complexity index is 1000. The molecule has 26 heavy (non-hydrogen) atoms. The quantitative estimate of drug-likeness (QED) is 0.731. The Morgan fingerprint density at radius 3 is 2.35 bits per heavy atom. The van der Waals surface area contributed by atoms with E-state index in [2.05, 4.69) is 10.3 Å². The lowest BCUT2D eigenvalue weighted by atomic mass is 9.87. The number of fused-ring (bicyclic) bond motifs is 1. The Kier molecular flexibility index (Phi) is 4.47. The number of benzene rings is 2. The highest BCUT2D eigenvalue weighted by Gasteiger charge is 2.23. The van der Waals surface area contributed by atoms with Crippen LogP contribution in [0.2, 0.25) is 0 Å². The molecule has 2 N–H and O–H groups in total. The summed E-state index contributed by atoms with van der Waals surface area (Å²) in [6, 6.07) is 14.8. The number of amides is 1. The van der Waals surface area contributed by atoms with Crippen molar-refractivity contribution in [2.75, 3.05) is 5.32 Å². The van der Waals surface area contributed by atoms with E-state index in [1.54, 1.807) is 12.3 Å². The molecule has 5 nitrogen and oxygen atoms in total. The molecule has 0 saturated heterocycles. The molecule has 0 fully saturated rings. The fourth-order valence-electron chi connectivity index (χ4n) is 2.68. The summed E-state index contributed by atoms with van der Waals surface area (Å²) in [7, 11) is 0. The predicted octanol–water partition coefficient (Wildman–Crippen LogP) is 4.48. The number of aromatic carboxylic acids is 1. The first-order chi connectivity index (χ1) is 12.3. The molecule has 3 aromatic rings. The molecule has 0 spiro atoms. The first-order valence-electron chi connectivity index (χ1n) is 8.30. The Hall–Kier alpha value is -3.21. The second-order valence-electron chi connectivity index (χ2n) is 7.19. The number of nitrogens with zero attached hydrogens (tertiary/aromatic N) is 1. The Balaban J connectivity index is 1.94. The summed E-state index contributed by atoms with van der Waals surface area (Å²) >= 11 is 0. The van der Waals surface area contributed by atoms with E-state index in [9.17, 15) is 14.7 Å². The van der Waals surface area contributed by atoms with E-state index in [0.29, 0.717) is 5.69 Å². The van der Waals surface area contributed by atoms with Gasteiger partial charge >= 0.3 is 5.97 Å². The summed E-state index contributed by atoms with van der Waals surface area (Å²) in [6.07, 6.45) is 1.56. The Labute approximate surface area is 151 Å². The van der Waals surface area contributed by atoms with Gasteiger partial charge in [0.15, 0.2) is 0 Å². The maximum Gasteiger partial charge on any atom is 0.338 e. The molecule has 0 atom stereocenters. The van der Waals surface area contributed by atoms with Gasteiger partial charge < -0.3 is 10.4 Å². The van der Waals surface area contributed by atoms with E-state index < -0.39 is 11.9 Å². The molecule has 132 valence electrons. The third-order valence-corrected chi connectivity index (χ3v) is 4.21. The lowest BCUT2D eigenvalue weighted by Crippen LogP contribution is -2.21.